The predicted molar refractivity (Wildman–Crippen MR) is 105 cm³/mol. The van der Waals surface area contributed by atoms with Gasteiger partial charge >= 0.3 is 0 Å². The molecule has 2 aliphatic rings. The van der Waals surface area contributed by atoms with Crippen molar-refractivity contribution in [1.29, 1.82) is 0 Å². The number of fused-ring (bicyclic) bond motifs is 2. The van der Waals surface area contributed by atoms with Crippen molar-refractivity contribution in [3.05, 3.63) is 53.1 Å². The number of aryl methyl sites for hydroxylation is 2. The van der Waals surface area contributed by atoms with E-state index in [1.54, 1.807) is 12.0 Å². The first kappa shape index (κ1) is 18.8. The van der Waals surface area contributed by atoms with Crippen molar-refractivity contribution in [3.8, 4) is 11.5 Å². The van der Waals surface area contributed by atoms with Crippen LogP contribution in [0.4, 0.5) is 5.69 Å². The summed E-state index contributed by atoms with van der Waals surface area (Å²) >= 11 is 0. The average Bonchev–Trinajstić information content (AvgIpc) is 3.29. The van der Waals surface area contributed by atoms with Crippen LogP contribution in [0.2, 0.25) is 0 Å². The van der Waals surface area contributed by atoms with Crippen molar-refractivity contribution in [2.45, 2.75) is 26.1 Å². The molecule has 1 fully saturated rings. The molecule has 0 N–H and O–H groups in total. The Kier molecular flexibility index (Phi) is 5.00. The highest BCUT2D eigenvalue weighted by atomic mass is 16.7. The molecule has 0 bridgehead atoms. The van der Waals surface area contributed by atoms with Crippen LogP contribution in [0.3, 0.4) is 0 Å². The van der Waals surface area contributed by atoms with E-state index in [0.29, 0.717) is 44.3 Å². The summed E-state index contributed by atoms with van der Waals surface area (Å²) < 4.78 is 22.9. The van der Waals surface area contributed by atoms with E-state index < -0.39 is 5.79 Å². The lowest BCUT2D eigenvalue weighted by Crippen LogP contribution is -2.42. The first-order chi connectivity index (χ1) is 13.6. The topological polar surface area (TPSA) is 57.2 Å². The lowest BCUT2D eigenvalue weighted by molar-refractivity contribution is -0.180. The lowest BCUT2D eigenvalue weighted by atomic mass is 9.98. The Labute approximate surface area is 165 Å². The number of methoxy groups -OCH3 is 1. The zero-order chi connectivity index (χ0) is 19.7. The van der Waals surface area contributed by atoms with Crippen LogP contribution in [0, 0.1) is 13.8 Å². The molecule has 148 valence electrons. The van der Waals surface area contributed by atoms with E-state index in [2.05, 4.69) is 0 Å². The Hall–Kier alpha value is -2.57. The molecular formula is C22H25NO5. The number of ether oxygens (including phenoxy) is 4. The first-order valence-electron chi connectivity index (χ1n) is 9.55. The summed E-state index contributed by atoms with van der Waals surface area (Å²) in [6.45, 7) is 5.84. The minimum Gasteiger partial charge on any atom is -0.493 e. The molecule has 0 unspecified atom stereocenters. The number of rotatable bonds is 6. The fraction of sp³-hybridized carbons (Fsp3) is 0.409. The number of para-hydroxylation sites is 2. The highest BCUT2D eigenvalue weighted by Crippen LogP contribution is 2.48. The zero-order valence-electron chi connectivity index (χ0n) is 16.5. The molecule has 0 aromatic heterocycles. The molecule has 28 heavy (non-hydrogen) atoms. The minimum atomic E-state index is -1.28. The Balaban J connectivity index is 1.51. The number of hydrogen-bond acceptors (Lipinski definition) is 5. The smallest absolute Gasteiger partial charge is 0.292 e. The second kappa shape index (κ2) is 7.45. The molecule has 2 aliphatic heterocycles. The van der Waals surface area contributed by atoms with Gasteiger partial charge in [-0.05, 0) is 43.5 Å². The summed E-state index contributed by atoms with van der Waals surface area (Å²) in [5, 5.41) is 0. The number of amides is 1. The highest BCUT2D eigenvalue weighted by molar-refractivity contribution is 6.07. The fourth-order valence-electron chi connectivity index (χ4n) is 3.98. The van der Waals surface area contributed by atoms with E-state index in [4.69, 9.17) is 18.9 Å². The second-order valence-electron chi connectivity index (χ2n) is 7.05. The van der Waals surface area contributed by atoms with Gasteiger partial charge in [0.05, 0.1) is 32.6 Å². The molecule has 1 amide bonds. The fourth-order valence-corrected chi connectivity index (χ4v) is 3.98. The van der Waals surface area contributed by atoms with Crippen LogP contribution in [-0.2, 0) is 20.1 Å². The maximum absolute atomic E-state index is 13.3. The van der Waals surface area contributed by atoms with Crippen molar-refractivity contribution >= 4 is 11.6 Å². The Morgan fingerprint density at radius 1 is 1.04 bits per heavy atom. The summed E-state index contributed by atoms with van der Waals surface area (Å²) in [6, 6.07) is 11.6. The largest absolute Gasteiger partial charge is 0.493 e. The number of benzene rings is 2. The Bertz CT molecular complexity index is 888. The quantitative estimate of drug-likeness (QED) is 0.716. The summed E-state index contributed by atoms with van der Waals surface area (Å²) in [5.74, 6) is -0.0309. The van der Waals surface area contributed by atoms with E-state index in [9.17, 15) is 4.79 Å². The molecule has 1 saturated heterocycles. The summed E-state index contributed by atoms with van der Waals surface area (Å²) in [5.41, 5.74) is 3.80. The average molecular weight is 383 g/mol. The highest BCUT2D eigenvalue weighted by Gasteiger charge is 2.57. The van der Waals surface area contributed by atoms with Gasteiger partial charge in [-0.2, -0.15) is 0 Å². The number of carbonyl (C=O) groups excluding carboxylic acids is 1. The molecule has 6 heteroatoms. The van der Waals surface area contributed by atoms with Crippen molar-refractivity contribution < 1.29 is 23.7 Å². The molecule has 0 radical (unpaired) electrons. The maximum Gasteiger partial charge on any atom is 0.292 e. The van der Waals surface area contributed by atoms with Gasteiger partial charge in [-0.15, -0.1) is 0 Å². The van der Waals surface area contributed by atoms with Crippen LogP contribution < -0.4 is 14.4 Å². The van der Waals surface area contributed by atoms with E-state index in [1.807, 2.05) is 50.2 Å². The number of nitrogens with zero attached hydrogens (tertiary/aromatic N) is 1. The van der Waals surface area contributed by atoms with Gasteiger partial charge in [0.2, 0.25) is 0 Å². The van der Waals surface area contributed by atoms with Gasteiger partial charge in [0.25, 0.3) is 11.7 Å². The molecule has 2 aromatic rings. The number of carbonyl (C=O) groups is 1. The van der Waals surface area contributed by atoms with Crippen LogP contribution in [0.1, 0.15) is 23.1 Å². The van der Waals surface area contributed by atoms with E-state index in [0.717, 1.165) is 22.4 Å². The van der Waals surface area contributed by atoms with Gasteiger partial charge in [-0.3, -0.25) is 4.79 Å². The third-order valence-corrected chi connectivity index (χ3v) is 5.26. The third kappa shape index (κ3) is 2.93. The SMILES string of the molecule is COc1ccccc1OCCCN1C(=O)C2(OCCO2)c2c(C)ccc(C)c21. The van der Waals surface area contributed by atoms with Crippen LogP contribution in [-0.4, -0.2) is 39.4 Å². The molecular weight excluding hydrogens is 358 g/mol. The molecule has 1 spiro atoms. The second-order valence-corrected chi connectivity index (χ2v) is 7.05. The van der Waals surface area contributed by atoms with Gasteiger partial charge in [0.15, 0.2) is 11.5 Å². The van der Waals surface area contributed by atoms with Crippen LogP contribution >= 0.6 is 0 Å². The zero-order valence-corrected chi connectivity index (χ0v) is 16.5. The summed E-state index contributed by atoms with van der Waals surface area (Å²) in [6.07, 6.45) is 0.673. The molecule has 2 heterocycles. The molecule has 4 rings (SSSR count). The molecule has 0 atom stereocenters. The van der Waals surface area contributed by atoms with Crippen LogP contribution in [0.15, 0.2) is 36.4 Å². The van der Waals surface area contributed by atoms with Crippen molar-refractivity contribution in [3.63, 3.8) is 0 Å². The summed E-state index contributed by atoms with van der Waals surface area (Å²) in [7, 11) is 1.62. The molecule has 0 saturated carbocycles. The van der Waals surface area contributed by atoms with E-state index >= 15 is 0 Å². The van der Waals surface area contributed by atoms with Crippen LogP contribution in [0.5, 0.6) is 11.5 Å². The predicted octanol–water partition coefficient (Wildman–Crippen LogP) is 3.33. The van der Waals surface area contributed by atoms with E-state index in [-0.39, 0.29) is 5.91 Å². The number of anilines is 1. The molecule has 6 nitrogen and oxygen atoms in total. The van der Waals surface area contributed by atoms with Gasteiger partial charge in [0.1, 0.15) is 0 Å². The lowest BCUT2D eigenvalue weighted by Gasteiger charge is -2.22. The third-order valence-electron chi connectivity index (χ3n) is 5.26. The maximum atomic E-state index is 13.3. The van der Waals surface area contributed by atoms with Gasteiger partial charge in [-0.25, -0.2) is 0 Å². The standard InChI is InChI=1S/C22H25NO5/c1-15-9-10-16(2)20-19(15)22(27-13-14-28-22)21(24)23(20)11-6-12-26-18-8-5-4-7-17(18)25-3/h4-5,7-10H,6,11-14H2,1-3H3. The van der Waals surface area contributed by atoms with Gasteiger partial charge in [0, 0.05) is 12.1 Å². The van der Waals surface area contributed by atoms with Crippen molar-refractivity contribution in [2.75, 3.05) is 38.4 Å². The normalized spacial score (nSPS) is 17.2. The first-order valence-corrected chi connectivity index (χ1v) is 9.55. The molecule has 0 aliphatic carbocycles. The number of hydrogen-bond donors (Lipinski definition) is 0. The van der Waals surface area contributed by atoms with Crippen LogP contribution in [0.25, 0.3) is 0 Å². The summed E-state index contributed by atoms with van der Waals surface area (Å²) in [4.78, 5) is 15.1. The van der Waals surface area contributed by atoms with Crippen molar-refractivity contribution in [1.82, 2.24) is 0 Å². The monoisotopic (exact) mass is 383 g/mol. The van der Waals surface area contributed by atoms with Gasteiger partial charge in [-0.1, -0.05) is 24.3 Å². The minimum absolute atomic E-state index is 0.144. The van der Waals surface area contributed by atoms with E-state index in [1.165, 1.54) is 0 Å². The Morgan fingerprint density at radius 3 is 2.43 bits per heavy atom. The molecule has 2 aromatic carbocycles. The van der Waals surface area contributed by atoms with Crippen molar-refractivity contribution in [2.24, 2.45) is 0 Å². The van der Waals surface area contributed by atoms with Gasteiger partial charge < -0.3 is 23.8 Å². The Morgan fingerprint density at radius 2 is 1.71 bits per heavy atom.